The number of fused-ring (bicyclic) bond motifs is 1. The second-order valence-electron chi connectivity index (χ2n) is 6.11. The molecule has 0 saturated carbocycles. The molecule has 8 heteroatoms. The molecule has 1 N–H and O–H groups in total. The highest BCUT2D eigenvalue weighted by molar-refractivity contribution is 14.1. The average molecular weight is 449 g/mol. The summed E-state index contributed by atoms with van der Waals surface area (Å²) in [6.07, 6.45) is 2.06. The number of aromatic nitrogens is 3. The van der Waals surface area contributed by atoms with Gasteiger partial charge in [0.15, 0.2) is 0 Å². The van der Waals surface area contributed by atoms with Crippen LogP contribution in [0.4, 0.5) is 4.79 Å². The molecule has 2 heterocycles. The minimum absolute atomic E-state index is 0.382. The summed E-state index contributed by atoms with van der Waals surface area (Å²) in [4.78, 5) is 21.3. The molecule has 0 bridgehead atoms. The Bertz CT molecular complexity index is 754. The maximum atomic E-state index is 11.7. The van der Waals surface area contributed by atoms with Crippen LogP contribution in [0.15, 0.2) is 25.0 Å². The van der Waals surface area contributed by atoms with E-state index in [0.29, 0.717) is 17.3 Å². The second-order valence-corrected chi connectivity index (χ2v) is 7.57. The van der Waals surface area contributed by atoms with Gasteiger partial charge >= 0.3 is 6.09 Å². The van der Waals surface area contributed by atoms with Crippen LogP contribution >= 0.6 is 34.2 Å². The van der Waals surface area contributed by atoms with E-state index in [-0.39, 0.29) is 0 Å². The molecule has 0 fully saturated rings. The van der Waals surface area contributed by atoms with Crippen LogP contribution in [-0.4, -0.2) is 42.2 Å². The molecule has 23 heavy (non-hydrogen) atoms. The SMILES string of the molecule is C=C[C@@H](Cn1c(I)cc2c(Cl)ncnc21)N(C(=O)O)C(C)(C)C. The first-order chi connectivity index (χ1) is 10.7. The van der Waals surface area contributed by atoms with E-state index in [0.717, 1.165) is 9.09 Å². The third kappa shape index (κ3) is 3.60. The van der Waals surface area contributed by atoms with Crippen LogP contribution < -0.4 is 0 Å². The summed E-state index contributed by atoms with van der Waals surface area (Å²) >= 11 is 8.28. The summed E-state index contributed by atoms with van der Waals surface area (Å²) in [5.74, 6) is 0. The molecule has 0 unspecified atom stereocenters. The lowest BCUT2D eigenvalue weighted by Gasteiger charge is -2.38. The standard InChI is InChI=1S/C15H18ClIN4O2/c1-5-9(21(14(22)23)15(2,3)4)7-20-11(17)6-10-12(16)18-8-19-13(10)20/h5-6,8-9H,1,7H2,2-4H3,(H,22,23)/t9-/m0/s1. The van der Waals surface area contributed by atoms with Gasteiger partial charge in [0.25, 0.3) is 0 Å². The number of halogens is 2. The minimum atomic E-state index is -0.985. The molecule has 1 amide bonds. The van der Waals surface area contributed by atoms with E-state index in [2.05, 4.69) is 39.1 Å². The van der Waals surface area contributed by atoms with Gasteiger partial charge in [-0.15, -0.1) is 6.58 Å². The van der Waals surface area contributed by atoms with Gasteiger partial charge in [0, 0.05) is 12.1 Å². The van der Waals surface area contributed by atoms with Crippen molar-refractivity contribution in [2.75, 3.05) is 0 Å². The molecule has 0 aliphatic heterocycles. The number of rotatable bonds is 4. The van der Waals surface area contributed by atoms with Crippen LogP contribution in [0.1, 0.15) is 20.8 Å². The molecule has 6 nitrogen and oxygen atoms in total. The fourth-order valence-electron chi connectivity index (χ4n) is 2.55. The van der Waals surface area contributed by atoms with Crippen molar-refractivity contribution in [3.05, 3.63) is 33.9 Å². The van der Waals surface area contributed by atoms with E-state index >= 15 is 0 Å². The van der Waals surface area contributed by atoms with Gasteiger partial charge in [-0.1, -0.05) is 17.7 Å². The first-order valence-electron chi connectivity index (χ1n) is 6.97. The monoisotopic (exact) mass is 448 g/mol. The third-order valence-corrected chi connectivity index (χ3v) is 4.69. The maximum absolute atomic E-state index is 11.7. The van der Waals surface area contributed by atoms with E-state index in [1.54, 1.807) is 6.08 Å². The Morgan fingerprint density at radius 1 is 1.57 bits per heavy atom. The van der Waals surface area contributed by atoms with Crippen LogP contribution in [-0.2, 0) is 6.54 Å². The zero-order valence-corrected chi connectivity index (χ0v) is 16.0. The number of hydrogen-bond donors (Lipinski definition) is 1. The molecule has 0 radical (unpaired) electrons. The molecular weight excluding hydrogens is 431 g/mol. The van der Waals surface area contributed by atoms with Crippen molar-refractivity contribution >= 4 is 51.3 Å². The number of carboxylic acid groups (broad SMARTS) is 1. The Morgan fingerprint density at radius 3 is 2.74 bits per heavy atom. The molecule has 2 aromatic rings. The smallest absolute Gasteiger partial charge is 0.408 e. The van der Waals surface area contributed by atoms with Crippen LogP contribution in [0.3, 0.4) is 0 Å². The summed E-state index contributed by atoms with van der Waals surface area (Å²) in [7, 11) is 0. The number of hydrogen-bond acceptors (Lipinski definition) is 3. The van der Waals surface area contributed by atoms with E-state index in [9.17, 15) is 9.90 Å². The average Bonchev–Trinajstić information content (AvgIpc) is 2.74. The summed E-state index contributed by atoms with van der Waals surface area (Å²) < 4.78 is 2.84. The van der Waals surface area contributed by atoms with Crippen molar-refractivity contribution in [1.82, 2.24) is 19.4 Å². The van der Waals surface area contributed by atoms with Crippen molar-refractivity contribution < 1.29 is 9.90 Å². The van der Waals surface area contributed by atoms with Crippen LogP contribution in [0.2, 0.25) is 5.15 Å². The molecule has 0 aliphatic rings. The Balaban J connectivity index is 2.47. The predicted octanol–water partition coefficient (Wildman–Crippen LogP) is 4.02. The maximum Gasteiger partial charge on any atom is 0.408 e. The Morgan fingerprint density at radius 2 is 2.22 bits per heavy atom. The van der Waals surface area contributed by atoms with Gasteiger partial charge < -0.3 is 9.67 Å². The summed E-state index contributed by atoms with van der Waals surface area (Å²) in [5, 5.41) is 10.7. The van der Waals surface area contributed by atoms with Gasteiger partial charge in [-0.25, -0.2) is 14.8 Å². The van der Waals surface area contributed by atoms with Crippen LogP contribution in [0.25, 0.3) is 11.0 Å². The largest absolute Gasteiger partial charge is 0.465 e. The highest BCUT2D eigenvalue weighted by atomic mass is 127. The number of amides is 1. The lowest BCUT2D eigenvalue weighted by Crippen LogP contribution is -2.51. The summed E-state index contributed by atoms with van der Waals surface area (Å²) in [6, 6.07) is 1.49. The van der Waals surface area contributed by atoms with E-state index in [4.69, 9.17) is 11.6 Å². The molecule has 0 saturated heterocycles. The highest BCUT2D eigenvalue weighted by Gasteiger charge is 2.32. The zero-order valence-electron chi connectivity index (χ0n) is 13.1. The Labute approximate surface area is 153 Å². The van der Waals surface area contributed by atoms with Gasteiger partial charge in [-0.3, -0.25) is 4.90 Å². The molecule has 124 valence electrons. The van der Waals surface area contributed by atoms with Crippen LogP contribution in [0.5, 0.6) is 0 Å². The van der Waals surface area contributed by atoms with Crippen LogP contribution in [0, 0.1) is 3.70 Å². The third-order valence-electron chi connectivity index (χ3n) is 3.49. The van der Waals surface area contributed by atoms with E-state index < -0.39 is 17.7 Å². The Kier molecular flexibility index (Phi) is 5.20. The number of nitrogens with zero attached hydrogens (tertiary/aromatic N) is 4. The normalized spacial score (nSPS) is 13.1. The van der Waals surface area contributed by atoms with Crippen molar-refractivity contribution in [3.63, 3.8) is 0 Å². The van der Waals surface area contributed by atoms with Crippen molar-refractivity contribution in [2.45, 2.75) is 38.9 Å². The predicted molar refractivity (Wildman–Crippen MR) is 98.9 cm³/mol. The molecule has 2 aromatic heterocycles. The molecule has 0 spiro atoms. The lowest BCUT2D eigenvalue weighted by molar-refractivity contribution is 0.0786. The van der Waals surface area contributed by atoms with E-state index in [1.165, 1.54) is 11.2 Å². The first kappa shape index (κ1) is 18.0. The zero-order chi connectivity index (χ0) is 17.4. The second kappa shape index (κ2) is 6.64. The molecule has 2 rings (SSSR count). The van der Waals surface area contributed by atoms with Gasteiger partial charge in [0.1, 0.15) is 17.1 Å². The minimum Gasteiger partial charge on any atom is -0.465 e. The quantitative estimate of drug-likeness (QED) is 0.436. The summed E-state index contributed by atoms with van der Waals surface area (Å²) in [5.41, 5.74) is 0.131. The van der Waals surface area contributed by atoms with E-state index in [1.807, 2.05) is 31.4 Å². The highest BCUT2D eigenvalue weighted by Crippen LogP contribution is 2.27. The van der Waals surface area contributed by atoms with Gasteiger partial charge in [-0.2, -0.15) is 0 Å². The fraction of sp³-hybridized carbons (Fsp3) is 0.400. The molecular formula is C15H18ClIN4O2. The van der Waals surface area contributed by atoms with Gasteiger partial charge in [0.05, 0.1) is 15.1 Å². The summed E-state index contributed by atoms with van der Waals surface area (Å²) in [6.45, 7) is 9.78. The van der Waals surface area contributed by atoms with Crippen molar-refractivity contribution in [3.8, 4) is 0 Å². The molecule has 1 atom stereocenters. The molecule has 0 aliphatic carbocycles. The lowest BCUT2D eigenvalue weighted by atomic mass is 10.0. The number of carbonyl (C=O) groups is 1. The van der Waals surface area contributed by atoms with Crippen molar-refractivity contribution in [1.29, 1.82) is 0 Å². The topological polar surface area (TPSA) is 71.2 Å². The fourth-order valence-corrected chi connectivity index (χ4v) is 3.47. The Hall–Kier alpha value is -1.35. The molecule has 0 aromatic carbocycles. The first-order valence-corrected chi connectivity index (χ1v) is 8.42. The van der Waals surface area contributed by atoms with Gasteiger partial charge in [-0.05, 0) is 49.4 Å². The van der Waals surface area contributed by atoms with Gasteiger partial charge in [0.2, 0.25) is 0 Å². The van der Waals surface area contributed by atoms with Crippen molar-refractivity contribution in [2.24, 2.45) is 0 Å².